The van der Waals surface area contributed by atoms with Gasteiger partial charge in [-0.3, -0.25) is 10.1 Å². The Kier molecular flexibility index (Phi) is 7.09. The Morgan fingerprint density at radius 1 is 1.29 bits per heavy atom. The summed E-state index contributed by atoms with van der Waals surface area (Å²) in [6, 6.07) is 7.71. The molecule has 4 rings (SSSR count). The number of likely N-dealkylation sites (tertiary alicyclic amines) is 1. The number of nitrogens with zero attached hydrogens (tertiary/aromatic N) is 3. The summed E-state index contributed by atoms with van der Waals surface area (Å²) >= 11 is 0.728. The molecule has 3 heterocycles. The molecule has 3 aromatic rings. The summed E-state index contributed by atoms with van der Waals surface area (Å²) in [4.78, 5) is 31.8. The standard InChI is InChI=1S/C24H28F2N4O4S/c1-24(2,3)34-23(33)29-10-4-5-15(29)12-30-17-7-6-14(13-31)11-16(17)27-22(30)28-21(32)19-9-8-18(35-19)20(25)26/h6-9,11,15,20,31H,4-5,10,12-13H2,1-3H3,(H,27,28,32)/t15-/m1/s1. The van der Waals surface area contributed by atoms with Crippen molar-refractivity contribution in [3.8, 4) is 0 Å². The van der Waals surface area contributed by atoms with Crippen LogP contribution in [0, 0.1) is 0 Å². The molecule has 2 N–H and O–H groups in total. The molecule has 0 saturated carbocycles. The van der Waals surface area contributed by atoms with Crippen LogP contribution in [0.25, 0.3) is 11.0 Å². The van der Waals surface area contributed by atoms with Gasteiger partial charge in [-0.15, -0.1) is 11.3 Å². The highest BCUT2D eigenvalue weighted by Crippen LogP contribution is 2.30. The number of rotatable bonds is 6. The summed E-state index contributed by atoms with van der Waals surface area (Å²) in [7, 11) is 0. The van der Waals surface area contributed by atoms with Crippen molar-refractivity contribution in [3.63, 3.8) is 0 Å². The van der Waals surface area contributed by atoms with Gasteiger partial charge in [-0.05, 0) is 63.4 Å². The average molecular weight is 507 g/mol. The van der Waals surface area contributed by atoms with Gasteiger partial charge in [0.2, 0.25) is 5.95 Å². The lowest BCUT2D eigenvalue weighted by atomic mass is 10.2. The number of nitrogens with one attached hydrogen (secondary N) is 1. The number of carbonyl (C=O) groups excluding carboxylic acids is 2. The SMILES string of the molecule is CC(C)(C)OC(=O)N1CCC[C@@H]1Cn1c(NC(=O)c2ccc(C(F)F)s2)nc2cc(CO)ccc21. The smallest absolute Gasteiger partial charge is 0.410 e. The Labute approximate surface area is 205 Å². The van der Waals surface area contributed by atoms with Gasteiger partial charge in [0.05, 0.1) is 33.4 Å². The number of anilines is 1. The van der Waals surface area contributed by atoms with E-state index in [1.54, 1.807) is 23.1 Å². The molecule has 1 aliphatic heterocycles. The zero-order valence-electron chi connectivity index (χ0n) is 19.8. The van der Waals surface area contributed by atoms with Crippen molar-refractivity contribution < 1.29 is 28.2 Å². The van der Waals surface area contributed by atoms with Crippen LogP contribution >= 0.6 is 11.3 Å². The molecule has 1 aliphatic rings. The summed E-state index contributed by atoms with van der Waals surface area (Å²) in [5, 5.41) is 12.3. The Bertz CT molecular complexity index is 1230. The van der Waals surface area contributed by atoms with Crippen LogP contribution in [0.2, 0.25) is 0 Å². The van der Waals surface area contributed by atoms with Gasteiger partial charge < -0.3 is 19.3 Å². The van der Waals surface area contributed by atoms with Crippen molar-refractivity contribution in [2.75, 3.05) is 11.9 Å². The van der Waals surface area contributed by atoms with Gasteiger partial charge in [0, 0.05) is 13.1 Å². The number of benzene rings is 1. The largest absolute Gasteiger partial charge is 0.444 e. The fourth-order valence-electron chi connectivity index (χ4n) is 4.11. The molecule has 188 valence electrons. The normalized spacial score (nSPS) is 16.3. The summed E-state index contributed by atoms with van der Waals surface area (Å²) < 4.78 is 33.3. The minimum atomic E-state index is -2.65. The van der Waals surface area contributed by atoms with E-state index in [1.807, 2.05) is 25.3 Å². The first-order chi connectivity index (χ1) is 16.6. The fourth-order valence-corrected chi connectivity index (χ4v) is 4.87. The van der Waals surface area contributed by atoms with Crippen LogP contribution < -0.4 is 5.32 Å². The second-order valence-corrected chi connectivity index (χ2v) is 10.6. The number of ether oxygens (including phenoxy) is 1. The van der Waals surface area contributed by atoms with E-state index < -0.39 is 24.0 Å². The van der Waals surface area contributed by atoms with Crippen molar-refractivity contribution in [1.82, 2.24) is 14.5 Å². The Hall–Kier alpha value is -3.05. The van der Waals surface area contributed by atoms with Crippen LogP contribution in [0.15, 0.2) is 30.3 Å². The molecule has 0 bridgehead atoms. The minimum Gasteiger partial charge on any atom is -0.444 e. The molecule has 35 heavy (non-hydrogen) atoms. The van der Waals surface area contributed by atoms with E-state index in [0.29, 0.717) is 29.7 Å². The third kappa shape index (κ3) is 5.62. The van der Waals surface area contributed by atoms with Crippen molar-refractivity contribution in [3.05, 3.63) is 45.6 Å². The molecule has 1 saturated heterocycles. The number of fused-ring (bicyclic) bond motifs is 1. The van der Waals surface area contributed by atoms with E-state index in [9.17, 15) is 23.5 Å². The molecule has 0 spiro atoms. The second-order valence-electron chi connectivity index (χ2n) is 9.45. The molecule has 11 heteroatoms. The molecule has 2 amide bonds. The third-order valence-corrected chi connectivity index (χ3v) is 6.78. The molecule has 1 aromatic carbocycles. The molecule has 8 nitrogen and oxygen atoms in total. The minimum absolute atomic E-state index is 0.145. The number of thiophene rings is 1. The van der Waals surface area contributed by atoms with E-state index in [4.69, 9.17) is 4.74 Å². The lowest BCUT2D eigenvalue weighted by Gasteiger charge is -2.29. The molecule has 0 aliphatic carbocycles. The van der Waals surface area contributed by atoms with E-state index in [1.165, 1.54) is 12.1 Å². The molecular formula is C24H28F2N4O4S. The van der Waals surface area contributed by atoms with Crippen molar-refractivity contribution in [2.45, 2.75) is 64.8 Å². The van der Waals surface area contributed by atoms with E-state index in [0.717, 1.165) is 24.2 Å². The van der Waals surface area contributed by atoms with Crippen molar-refractivity contribution >= 4 is 40.3 Å². The molecule has 0 unspecified atom stereocenters. The van der Waals surface area contributed by atoms with Gasteiger partial charge in [0.25, 0.3) is 12.3 Å². The predicted molar refractivity (Wildman–Crippen MR) is 129 cm³/mol. The number of amides is 2. The zero-order chi connectivity index (χ0) is 25.3. The number of halogens is 2. The van der Waals surface area contributed by atoms with Gasteiger partial charge >= 0.3 is 6.09 Å². The number of aliphatic hydroxyl groups excluding tert-OH is 1. The Morgan fingerprint density at radius 2 is 2.06 bits per heavy atom. The summed E-state index contributed by atoms with van der Waals surface area (Å²) in [6.07, 6.45) is -1.47. The first-order valence-corrected chi connectivity index (χ1v) is 12.2. The van der Waals surface area contributed by atoms with Gasteiger partial charge in [-0.1, -0.05) is 6.07 Å². The Morgan fingerprint density at radius 3 is 2.71 bits per heavy atom. The lowest BCUT2D eigenvalue weighted by Crippen LogP contribution is -2.41. The van der Waals surface area contributed by atoms with Crippen LogP contribution in [-0.4, -0.2) is 49.7 Å². The maximum Gasteiger partial charge on any atom is 0.410 e. The number of aliphatic hydroxyl groups is 1. The van der Waals surface area contributed by atoms with E-state index in [2.05, 4.69) is 10.3 Å². The number of aromatic nitrogens is 2. The summed E-state index contributed by atoms with van der Waals surface area (Å²) in [5.74, 6) is -0.306. The van der Waals surface area contributed by atoms with Crippen LogP contribution in [0.4, 0.5) is 19.5 Å². The quantitative estimate of drug-likeness (QED) is 0.480. The van der Waals surface area contributed by atoms with Gasteiger partial charge in [-0.2, -0.15) is 0 Å². The van der Waals surface area contributed by atoms with Crippen LogP contribution in [0.1, 0.15) is 60.2 Å². The summed E-state index contributed by atoms with van der Waals surface area (Å²) in [5.41, 5.74) is 1.32. The molecule has 1 atom stereocenters. The van der Waals surface area contributed by atoms with Crippen molar-refractivity contribution in [1.29, 1.82) is 0 Å². The lowest BCUT2D eigenvalue weighted by molar-refractivity contribution is 0.0215. The molecule has 1 fully saturated rings. The number of carbonyl (C=O) groups is 2. The van der Waals surface area contributed by atoms with Crippen molar-refractivity contribution in [2.24, 2.45) is 0 Å². The monoisotopic (exact) mass is 506 g/mol. The number of imidazole rings is 1. The van der Waals surface area contributed by atoms with Gasteiger partial charge in [0.15, 0.2) is 0 Å². The topological polar surface area (TPSA) is 96.7 Å². The van der Waals surface area contributed by atoms with Gasteiger partial charge in [-0.25, -0.2) is 18.6 Å². The molecule has 2 aromatic heterocycles. The Balaban J connectivity index is 1.64. The number of alkyl halides is 2. The predicted octanol–water partition coefficient (Wildman–Crippen LogP) is 5.18. The fraction of sp³-hybridized carbons (Fsp3) is 0.458. The van der Waals surface area contributed by atoms with E-state index in [-0.39, 0.29) is 28.4 Å². The zero-order valence-corrected chi connectivity index (χ0v) is 20.6. The highest BCUT2D eigenvalue weighted by atomic mass is 32.1. The number of hydrogen-bond donors (Lipinski definition) is 2. The summed E-state index contributed by atoms with van der Waals surface area (Å²) in [6.45, 7) is 6.21. The van der Waals surface area contributed by atoms with Crippen LogP contribution in [0.3, 0.4) is 0 Å². The highest BCUT2D eigenvalue weighted by molar-refractivity contribution is 7.14. The maximum atomic E-state index is 13.0. The van der Waals surface area contributed by atoms with Gasteiger partial charge in [0.1, 0.15) is 5.60 Å². The third-order valence-electron chi connectivity index (χ3n) is 5.68. The first-order valence-electron chi connectivity index (χ1n) is 11.3. The van der Waals surface area contributed by atoms with Crippen LogP contribution in [0.5, 0.6) is 0 Å². The number of hydrogen-bond acceptors (Lipinski definition) is 6. The second kappa shape index (κ2) is 9.90. The van der Waals surface area contributed by atoms with E-state index >= 15 is 0 Å². The molecular weight excluding hydrogens is 478 g/mol. The van der Waals surface area contributed by atoms with Crippen LogP contribution in [-0.2, 0) is 17.9 Å². The first kappa shape index (κ1) is 25.1. The average Bonchev–Trinajstić information content (AvgIpc) is 3.51. The highest BCUT2D eigenvalue weighted by Gasteiger charge is 2.33. The molecule has 0 radical (unpaired) electrons. The maximum absolute atomic E-state index is 13.0.